The highest BCUT2D eigenvalue weighted by Gasteiger charge is 2.41. The Balaban J connectivity index is 1.89. The Morgan fingerprint density at radius 3 is 2.92 bits per heavy atom. The molecule has 4 nitrogen and oxygen atoms in total. The van der Waals surface area contributed by atoms with Crippen molar-refractivity contribution in [3.63, 3.8) is 0 Å². The maximum absolute atomic E-state index is 8.19. The molecule has 0 radical (unpaired) electrons. The van der Waals surface area contributed by atoms with E-state index in [1.165, 1.54) is 25.7 Å². The second-order valence-electron chi connectivity index (χ2n) is 4.26. The van der Waals surface area contributed by atoms with Crippen molar-refractivity contribution in [3.8, 4) is 0 Å². The lowest BCUT2D eigenvalue weighted by Crippen LogP contribution is -2.16. The number of hydrogen-bond acceptors (Lipinski definition) is 2. The summed E-state index contributed by atoms with van der Waals surface area (Å²) >= 11 is 0. The monoisotopic (exact) mass is 181 g/mol. The summed E-state index contributed by atoms with van der Waals surface area (Å²) < 4.78 is 5.63. The van der Waals surface area contributed by atoms with Crippen LogP contribution in [0.3, 0.4) is 0 Å². The Morgan fingerprint density at radius 2 is 2.23 bits per heavy atom. The normalized spacial score (nSPS) is 30.6. The summed E-state index contributed by atoms with van der Waals surface area (Å²) in [6.07, 6.45) is 6.59. The van der Waals surface area contributed by atoms with Crippen LogP contribution in [0.5, 0.6) is 0 Å². The van der Waals surface area contributed by atoms with Gasteiger partial charge in [-0.15, -0.1) is 0 Å². The molecular weight excluding hydrogens is 166 g/mol. The van der Waals surface area contributed by atoms with E-state index in [0.29, 0.717) is 12.0 Å². The zero-order valence-corrected chi connectivity index (χ0v) is 7.78. The molecule has 2 rings (SSSR count). The highest BCUT2D eigenvalue weighted by molar-refractivity contribution is 4.92. The van der Waals surface area contributed by atoms with E-state index in [0.717, 1.165) is 13.0 Å². The number of nitrogens with zero attached hydrogens (tertiary/aromatic N) is 3. The molecule has 1 aliphatic carbocycles. The predicted molar refractivity (Wildman–Crippen MR) is 49.3 cm³/mol. The number of ether oxygens (including phenoxy) is 1. The first kappa shape index (κ1) is 8.85. The highest BCUT2D eigenvalue weighted by atomic mass is 16.5. The Hall–Kier alpha value is -0.730. The maximum atomic E-state index is 8.19. The van der Waals surface area contributed by atoms with Gasteiger partial charge in [0.25, 0.3) is 0 Å². The molecule has 72 valence electrons. The summed E-state index contributed by atoms with van der Waals surface area (Å²) in [4.78, 5) is 2.76. The van der Waals surface area contributed by atoms with Gasteiger partial charge in [-0.05, 0) is 30.2 Å². The van der Waals surface area contributed by atoms with Crippen molar-refractivity contribution < 1.29 is 4.74 Å². The zero-order chi connectivity index (χ0) is 9.15. The van der Waals surface area contributed by atoms with Gasteiger partial charge in [0.15, 0.2) is 0 Å². The van der Waals surface area contributed by atoms with E-state index >= 15 is 0 Å². The average Bonchev–Trinajstić information content (AvgIpc) is 2.74. The first-order valence-electron chi connectivity index (χ1n) is 4.97. The molecule has 1 heterocycles. The fraction of sp³-hybridized carbons (Fsp3) is 1.00. The van der Waals surface area contributed by atoms with Crippen molar-refractivity contribution in [1.29, 1.82) is 0 Å². The standard InChI is InChI=1S/C9H15N3O/c10-12-11-6-8-5-9(7-13-8)3-1-2-4-9/h8H,1-7H2/t8-/m0/s1. The second kappa shape index (κ2) is 3.56. The molecule has 2 fully saturated rings. The van der Waals surface area contributed by atoms with Crippen molar-refractivity contribution in [2.75, 3.05) is 13.2 Å². The third kappa shape index (κ3) is 1.79. The Labute approximate surface area is 77.9 Å². The van der Waals surface area contributed by atoms with Crippen LogP contribution in [0.2, 0.25) is 0 Å². The van der Waals surface area contributed by atoms with Crippen molar-refractivity contribution in [1.82, 2.24) is 0 Å². The van der Waals surface area contributed by atoms with Crippen LogP contribution in [0.25, 0.3) is 10.4 Å². The van der Waals surface area contributed by atoms with Gasteiger partial charge in [0.2, 0.25) is 0 Å². The molecule has 0 unspecified atom stereocenters. The van der Waals surface area contributed by atoms with E-state index in [2.05, 4.69) is 10.0 Å². The lowest BCUT2D eigenvalue weighted by Gasteiger charge is -2.19. The lowest BCUT2D eigenvalue weighted by molar-refractivity contribution is 0.100. The van der Waals surface area contributed by atoms with Crippen molar-refractivity contribution in [2.24, 2.45) is 10.5 Å². The molecule has 0 aromatic heterocycles. The number of hydrogen-bond donors (Lipinski definition) is 0. The van der Waals surface area contributed by atoms with Gasteiger partial charge in [-0.25, -0.2) is 0 Å². The van der Waals surface area contributed by atoms with Crippen LogP contribution in [-0.2, 0) is 4.74 Å². The van der Waals surface area contributed by atoms with E-state index in [4.69, 9.17) is 10.3 Å². The third-order valence-corrected chi connectivity index (χ3v) is 3.30. The summed E-state index contributed by atoms with van der Waals surface area (Å²) in [7, 11) is 0. The molecule has 1 atom stereocenters. The van der Waals surface area contributed by atoms with Gasteiger partial charge in [0, 0.05) is 4.91 Å². The molecule has 2 aliphatic rings. The molecule has 0 bridgehead atoms. The topological polar surface area (TPSA) is 58.0 Å². The van der Waals surface area contributed by atoms with Crippen LogP contribution in [0.4, 0.5) is 0 Å². The van der Waals surface area contributed by atoms with E-state index in [1.807, 2.05) is 0 Å². The smallest absolute Gasteiger partial charge is 0.0637 e. The summed E-state index contributed by atoms with van der Waals surface area (Å²) in [5.41, 5.74) is 8.64. The van der Waals surface area contributed by atoms with Crippen LogP contribution in [0.1, 0.15) is 32.1 Å². The van der Waals surface area contributed by atoms with Gasteiger partial charge in [0.05, 0.1) is 19.3 Å². The molecule has 0 aromatic carbocycles. The molecular formula is C9H15N3O. The van der Waals surface area contributed by atoms with Crippen LogP contribution >= 0.6 is 0 Å². The first-order chi connectivity index (χ1) is 6.35. The van der Waals surface area contributed by atoms with Crippen molar-refractivity contribution >= 4 is 0 Å². The summed E-state index contributed by atoms with van der Waals surface area (Å²) in [6.45, 7) is 1.40. The fourth-order valence-electron chi connectivity index (χ4n) is 2.61. The van der Waals surface area contributed by atoms with Crippen LogP contribution in [-0.4, -0.2) is 19.3 Å². The summed E-state index contributed by atoms with van der Waals surface area (Å²) in [5, 5.41) is 3.56. The average molecular weight is 181 g/mol. The Kier molecular flexibility index (Phi) is 2.42. The van der Waals surface area contributed by atoms with Crippen LogP contribution in [0, 0.1) is 5.41 Å². The van der Waals surface area contributed by atoms with E-state index < -0.39 is 0 Å². The fourth-order valence-corrected chi connectivity index (χ4v) is 2.61. The number of azide groups is 1. The zero-order valence-electron chi connectivity index (χ0n) is 7.78. The number of rotatable bonds is 2. The molecule has 1 spiro atoms. The quantitative estimate of drug-likeness (QED) is 0.367. The lowest BCUT2D eigenvalue weighted by atomic mass is 9.84. The molecule has 4 heteroatoms. The van der Waals surface area contributed by atoms with Crippen LogP contribution < -0.4 is 0 Å². The van der Waals surface area contributed by atoms with Gasteiger partial charge in [-0.2, -0.15) is 0 Å². The molecule has 0 N–H and O–H groups in total. The highest BCUT2D eigenvalue weighted by Crippen LogP contribution is 2.46. The van der Waals surface area contributed by atoms with E-state index in [1.54, 1.807) is 0 Å². The van der Waals surface area contributed by atoms with Crippen LogP contribution in [0.15, 0.2) is 5.11 Å². The second-order valence-corrected chi connectivity index (χ2v) is 4.26. The molecule has 0 amide bonds. The molecule has 13 heavy (non-hydrogen) atoms. The molecule has 1 saturated heterocycles. The van der Waals surface area contributed by atoms with Gasteiger partial charge >= 0.3 is 0 Å². The van der Waals surface area contributed by atoms with Crippen molar-refractivity contribution in [2.45, 2.75) is 38.2 Å². The summed E-state index contributed by atoms with van der Waals surface area (Å²) in [6, 6.07) is 0. The third-order valence-electron chi connectivity index (χ3n) is 3.30. The minimum absolute atomic E-state index is 0.189. The van der Waals surface area contributed by atoms with Gasteiger partial charge in [-0.3, -0.25) is 0 Å². The minimum Gasteiger partial charge on any atom is -0.377 e. The predicted octanol–water partition coefficient (Wildman–Crippen LogP) is 2.65. The summed E-state index contributed by atoms with van der Waals surface area (Å²) in [5.74, 6) is 0. The molecule has 0 aromatic rings. The van der Waals surface area contributed by atoms with Gasteiger partial charge < -0.3 is 4.74 Å². The van der Waals surface area contributed by atoms with Gasteiger partial charge in [-0.1, -0.05) is 18.0 Å². The molecule has 1 aliphatic heterocycles. The SMILES string of the molecule is [N-]=[N+]=NC[C@@H]1CC2(CCCC2)CO1. The Bertz CT molecular complexity index is 229. The van der Waals surface area contributed by atoms with Gasteiger partial charge in [0.1, 0.15) is 0 Å². The Morgan fingerprint density at radius 1 is 1.46 bits per heavy atom. The van der Waals surface area contributed by atoms with Crippen molar-refractivity contribution in [3.05, 3.63) is 10.4 Å². The maximum Gasteiger partial charge on any atom is 0.0637 e. The van der Waals surface area contributed by atoms with E-state index in [-0.39, 0.29) is 6.10 Å². The first-order valence-corrected chi connectivity index (χ1v) is 4.97. The molecule has 1 saturated carbocycles. The minimum atomic E-state index is 0.189. The van der Waals surface area contributed by atoms with E-state index in [9.17, 15) is 0 Å². The largest absolute Gasteiger partial charge is 0.377 e.